The van der Waals surface area contributed by atoms with Crippen LogP contribution in [0.3, 0.4) is 0 Å². The minimum absolute atomic E-state index is 0.634. The molecule has 0 heterocycles. The molecule has 3 unspecified atom stereocenters. The summed E-state index contributed by atoms with van der Waals surface area (Å²) in [6.45, 7) is 0.393. The van der Waals surface area contributed by atoms with Crippen molar-refractivity contribution in [3.63, 3.8) is 0 Å². The van der Waals surface area contributed by atoms with Crippen LogP contribution in [-0.2, 0) is 13.6 Å². The molecule has 0 aliphatic rings. The molecule has 0 bridgehead atoms. The molecule has 0 aromatic carbocycles. The van der Waals surface area contributed by atoms with Crippen molar-refractivity contribution in [1.29, 1.82) is 0 Å². The van der Waals surface area contributed by atoms with E-state index in [1.165, 1.54) is 0 Å². The summed E-state index contributed by atoms with van der Waals surface area (Å²) in [6, 6.07) is 0. The van der Waals surface area contributed by atoms with Gasteiger partial charge in [0.1, 0.15) is 6.10 Å². The summed E-state index contributed by atoms with van der Waals surface area (Å²) in [4.78, 5) is 0. The van der Waals surface area contributed by atoms with Gasteiger partial charge in [-0.1, -0.05) is 0 Å². The lowest BCUT2D eigenvalue weighted by Gasteiger charge is -2.46. The molecule has 0 aliphatic carbocycles. The van der Waals surface area contributed by atoms with Gasteiger partial charge >= 0.3 is 84.9 Å². The number of rotatable bonds is 19. The summed E-state index contributed by atoms with van der Waals surface area (Å²) in [7, 11) is -6.74. The van der Waals surface area contributed by atoms with Gasteiger partial charge in [0.25, 0.3) is 0 Å². The van der Waals surface area contributed by atoms with Crippen LogP contribution in [0.2, 0.25) is 0 Å². The first-order valence-electron chi connectivity index (χ1n) is 12.0. The first-order valence-corrected chi connectivity index (χ1v) is 14.2. The molecule has 320 valence electrons. The van der Waals surface area contributed by atoms with E-state index in [-0.39, 0.29) is 0 Å². The van der Waals surface area contributed by atoms with Crippen molar-refractivity contribution >= 4 is 20.1 Å². The Morgan fingerprint density at radius 1 is 0.415 bits per heavy atom. The average Bonchev–Trinajstić information content (AvgIpc) is 2.94. The maximum absolute atomic E-state index is 14.1. The third kappa shape index (κ3) is 6.97. The number of alkyl halides is 27. The average molecular weight is 902 g/mol. The molecule has 0 N–H and O–H groups in total. The Labute approximate surface area is 276 Å². The zero-order valence-electron chi connectivity index (χ0n) is 24.3. The van der Waals surface area contributed by atoms with Crippen molar-refractivity contribution in [2.45, 2.75) is 115 Å². The van der Waals surface area contributed by atoms with Crippen molar-refractivity contribution in [2.24, 2.45) is 0 Å². The minimum atomic E-state index is -9.94. The van der Waals surface area contributed by atoms with E-state index < -0.39 is 122 Å². The zero-order chi connectivity index (χ0) is 43.9. The van der Waals surface area contributed by atoms with Gasteiger partial charge < -0.3 is 0 Å². The molecule has 0 aromatic heterocycles. The van der Waals surface area contributed by atoms with Crippen LogP contribution in [0.1, 0.15) is 20.8 Å². The highest BCUT2D eigenvalue weighted by Gasteiger charge is 3.00. The fraction of sp³-hybridized carbons (Fsp3) is 1.00. The summed E-state index contributed by atoms with van der Waals surface area (Å²) in [5, 5.41) is 0. The normalized spacial score (nSPS) is 18.7. The quantitative estimate of drug-likeness (QED) is 0.0956. The third-order valence-electron chi connectivity index (χ3n) is 6.28. The SMILES string of the molecule is CC(C)OP(=O)(F)OC(C)C(F)(F)C(F)(F)C(F)(F)C(F)(F)C(F)(F)C(F)(F)C(F)(F)C(F)(F)C(F)(F)C(F)(F)C(F)(F)C(F)(F)C(F)(F)C(F)SF. The second-order valence-corrected chi connectivity index (χ2v) is 12.2. The van der Waals surface area contributed by atoms with Crippen LogP contribution in [-0.4, -0.2) is 94.7 Å². The van der Waals surface area contributed by atoms with E-state index in [2.05, 4.69) is 9.05 Å². The second kappa shape index (κ2) is 13.8. The van der Waals surface area contributed by atoms with Gasteiger partial charge in [0.2, 0.25) is 5.50 Å². The summed E-state index contributed by atoms with van der Waals surface area (Å²) in [5.41, 5.74) is -5.61. The van der Waals surface area contributed by atoms with Gasteiger partial charge in [-0.15, -0.1) is 4.20 Å². The van der Waals surface area contributed by atoms with E-state index in [0.29, 0.717) is 13.8 Å². The van der Waals surface area contributed by atoms with Crippen LogP contribution >= 0.6 is 20.1 Å². The molecule has 0 fully saturated rings. The first kappa shape index (κ1) is 51.5. The van der Waals surface area contributed by atoms with Gasteiger partial charge in [-0.05, 0) is 20.8 Å². The predicted molar refractivity (Wildman–Crippen MR) is 113 cm³/mol. The molecule has 0 saturated heterocycles. The largest absolute Gasteiger partial charge is 0.513 e. The van der Waals surface area contributed by atoms with E-state index in [4.69, 9.17) is 0 Å². The van der Waals surface area contributed by atoms with E-state index in [9.17, 15) is 131 Å². The van der Waals surface area contributed by atoms with Crippen LogP contribution in [0.25, 0.3) is 0 Å². The molecule has 0 aromatic rings. The maximum atomic E-state index is 14.1. The van der Waals surface area contributed by atoms with Gasteiger partial charge in [-0.2, -0.15) is 118 Å². The van der Waals surface area contributed by atoms with Crippen LogP contribution < -0.4 is 0 Å². The minimum Gasteiger partial charge on any atom is -0.281 e. The number of hydrogen-bond acceptors (Lipinski definition) is 4. The Morgan fingerprint density at radius 3 is 0.830 bits per heavy atom. The molecule has 0 amide bonds. The van der Waals surface area contributed by atoms with Gasteiger partial charge in [-0.3, -0.25) is 9.05 Å². The second-order valence-electron chi connectivity index (χ2n) is 10.3. The lowest BCUT2D eigenvalue weighted by Crippen LogP contribution is -2.79. The summed E-state index contributed by atoms with van der Waals surface area (Å²) in [6.07, 6.45) is -6.46. The van der Waals surface area contributed by atoms with Crippen LogP contribution in [0.5, 0.6) is 0 Å². The van der Waals surface area contributed by atoms with E-state index in [0.717, 1.165) is 0 Å². The fourth-order valence-corrected chi connectivity index (χ4v) is 4.50. The Balaban J connectivity index is 7.49. The molecule has 3 atom stereocenters. The van der Waals surface area contributed by atoms with Crippen molar-refractivity contribution < 1.29 is 140 Å². The lowest BCUT2D eigenvalue weighted by molar-refractivity contribution is -0.483. The van der Waals surface area contributed by atoms with Gasteiger partial charge in [0.15, 0.2) is 0 Å². The molecule has 0 radical (unpaired) electrons. The van der Waals surface area contributed by atoms with Crippen molar-refractivity contribution in [1.82, 2.24) is 0 Å². The van der Waals surface area contributed by atoms with Gasteiger partial charge in [0.05, 0.1) is 18.3 Å². The van der Waals surface area contributed by atoms with Crippen LogP contribution in [0.15, 0.2) is 0 Å². The molecule has 53 heavy (non-hydrogen) atoms. The van der Waals surface area contributed by atoms with Crippen molar-refractivity contribution in [2.75, 3.05) is 0 Å². The first-order chi connectivity index (χ1) is 22.5. The Hall–Kier alpha value is -1.53. The van der Waals surface area contributed by atoms with Gasteiger partial charge in [-0.25, -0.2) is 8.96 Å². The molecule has 0 rings (SSSR count). The monoisotopic (exact) mass is 902 g/mol. The molecule has 3 nitrogen and oxygen atoms in total. The molecule has 0 saturated carbocycles. The number of hydrogen-bond donors (Lipinski definition) is 0. The van der Waals surface area contributed by atoms with E-state index in [1.54, 1.807) is 0 Å². The molecular formula is C19H12F29O3PS. The standard InChI is InChI=1S/C19H12F29O3PS/c1-4(2)50-52(47,49)51-5(3)7(21,22)9(25,26)11(29,30)13(33,34)15(37,38)17(41,42)19(45,46)18(43,44)16(39,40)14(35,36)12(31,32)10(27,28)8(23,24)6(20)53-48/h4-6H,1-3H3. The highest BCUT2D eigenvalue weighted by Crippen LogP contribution is 2.69. The Kier molecular flexibility index (Phi) is 13.4. The highest BCUT2D eigenvalue weighted by molar-refractivity contribution is 7.94. The molecular weight excluding hydrogens is 890 g/mol. The molecule has 0 spiro atoms. The van der Waals surface area contributed by atoms with Crippen LogP contribution in [0.4, 0.5) is 127 Å². The summed E-state index contributed by atoms with van der Waals surface area (Å²) >= 11 is -2.87. The summed E-state index contributed by atoms with van der Waals surface area (Å²) in [5.74, 6) is -120. The topological polar surface area (TPSA) is 35.5 Å². The van der Waals surface area contributed by atoms with Crippen molar-refractivity contribution in [3.05, 3.63) is 0 Å². The van der Waals surface area contributed by atoms with E-state index in [1.807, 2.05) is 0 Å². The molecule has 34 heteroatoms. The smallest absolute Gasteiger partial charge is 0.281 e. The molecule has 0 aliphatic heterocycles. The predicted octanol–water partition coefficient (Wildman–Crippen LogP) is 12.1. The highest BCUT2D eigenvalue weighted by atomic mass is 32.2. The summed E-state index contributed by atoms with van der Waals surface area (Å²) < 4.78 is 416. The fourth-order valence-electron chi connectivity index (χ4n) is 3.18. The Morgan fingerprint density at radius 2 is 0.623 bits per heavy atom. The van der Waals surface area contributed by atoms with Crippen molar-refractivity contribution in [3.8, 4) is 0 Å². The van der Waals surface area contributed by atoms with Gasteiger partial charge in [0, 0.05) is 0 Å². The Bertz CT molecular complexity index is 1350. The van der Waals surface area contributed by atoms with Crippen LogP contribution in [0, 0.1) is 0 Å². The third-order valence-corrected chi connectivity index (χ3v) is 7.97. The maximum Gasteiger partial charge on any atom is 0.513 e. The zero-order valence-corrected chi connectivity index (χ0v) is 26.0. The lowest BCUT2D eigenvalue weighted by atomic mass is 9.83. The number of halogens is 29. The van der Waals surface area contributed by atoms with E-state index >= 15 is 0 Å².